The zero-order valence-electron chi connectivity index (χ0n) is 12.2. The highest BCUT2D eigenvalue weighted by atomic mass is 16.5. The number of aryl methyl sites for hydroxylation is 1. The second-order valence-corrected chi connectivity index (χ2v) is 4.95. The molecule has 4 aromatic rings. The minimum Gasteiger partial charge on any atom is -0.328 e. The van der Waals surface area contributed by atoms with Gasteiger partial charge in [0.25, 0.3) is 0 Å². The Morgan fingerprint density at radius 3 is 1.78 bits per heavy atom. The second-order valence-electron chi connectivity index (χ2n) is 4.95. The SMILES string of the molecule is Cc1ccc(-c2noc(-c3nc(-c4ccncc4)no3)n2)cc1. The first-order valence-electron chi connectivity index (χ1n) is 6.95. The van der Waals surface area contributed by atoms with E-state index in [0.29, 0.717) is 11.6 Å². The van der Waals surface area contributed by atoms with Crippen molar-refractivity contribution in [3.8, 4) is 34.6 Å². The van der Waals surface area contributed by atoms with Gasteiger partial charge in [0, 0.05) is 23.5 Å². The van der Waals surface area contributed by atoms with Crippen molar-refractivity contribution < 1.29 is 9.05 Å². The van der Waals surface area contributed by atoms with Gasteiger partial charge in [-0.2, -0.15) is 9.97 Å². The molecule has 0 unspecified atom stereocenters. The normalized spacial score (nSPS) is 10.8. The second kappa shape index (κ2) is 5.45. The third-order valence-corrected chi connectivity index (χ3v) is 3.28. The van der Waals surface area contributed by atoms with Crippen molar-refractivity contribution in [3.05, 3.63) is 54.4 Å². The van der Waals surface area contributed by atoms with E-state index in [0.717, 1.165) is 16.7 Å². The average molecular weight is 305 g/mol. The van der Waals surface area contributed by atoms with E-state index >= 15 is 0 Å². The van der Waals surface area contributed by atoms with Crippen molar-refractivity contribution in [2.75, 3.05) is 0 Å². The van der Waals surface area contributed by atoms with E-state index in [1.54, 1.807) is 24.5 Å². The number of rotatable bonds is 3. The Labute approximate surface area is 131 Å². The predicted molar refractivity (Wildman–Crippen MR) is 81.0 cm³/mol. The highest BCUT2D eigenvalue weighted by Crippen LogP contribution is 2.23. The Morgan fingerprint density at radius 2 is 1.22 bits per heavy atom. The molecule has 112 valence electrons. The molecule has 0 spiro atoms. The van der Waals surface area contributed by atoms with Gasteiger partial charge < -0.3 is 9.05 Å². The highest BCUT2D eigenvalue weighted by molar-refractivity contribution is 5.58. The van der Waals surface area contributed by atoms with Crippen LogP contribution in [0.4, 0.5) is 0 Å². The van der Waals surface area contributed by atoms with Crippen molar-refractivity contribution in [2.24, 2.45) is 0 Å². The van der Waals surface area contributed by atoms with E-state index in [4.69, 9.17) is 9.05 Å². The maximum absolute atomic E-state index is 5.21. The quantitative estimate of drug-likeness (QED) is 0.574. The van der Waals surface area contributed by atoms with Crippen molar-refractivity contribution in [3.63, 3.8) is 0 Å². The summed E-state index contributed by atoms with van der Waals surface area (Å²) in [6.45, 7) is 2.02. The van der Waals surface area contributed by atoms with Crippen molar-refractivity contribution in [1.29, 1.82) is 0 Å². The number of benzene rings is 1. The molecule has 3 aromatic heterocycles. The monoisotopic (exact) mass is 305 g/mol. The van der Waals surface area contributed by atoms with Crippen LogP contribution in [0.1, 0.15) is 5.56 Å². The number of pyridine rings is 1. The van der Waals surface area contributed by atoms with Crippen LogP contribution in [0.3, 0.4) is 0 Å². The molecule has 0 atom stereocenters. The minimum atomic E-state index is 0.183. The Kier molecular flexibility index (Phi) is 3.16. The standard InChI is InChI=1S/C16H11N5O2/c1-10-2-4-11(5-3-10)13-18-15(22-20-13)16-19-14(21-23-16)12-6-8-17-9-7-12/h2-9H,1H3. The highest BCUT2D eigenvalue weighted by Gasteiger charge is 2.17. The Morgan fingerprint density at radius 1 is 0.696 bits per heavy atom. The smallest absolute Gasteiger partial charge is 0.316 e. The fraction of sp³-hybridized carbons (Fsp3) is 0.0625. The van der Waals surface area contributed by atoms with Crippen LogP contribution >= 0.6 is 0 Å². The van der Waals surface area contributed by atoms with Gasteiger partial charge in [-0.1, -0.05) is 40.1 Å². The Balaban J connectivity index is 1.65. The lowest BCUT2D eigenvalue weighted by Gasteiger charge is -1.94. The average Bonchev–Trinajstić information content (AvgIpc) is 3.26. The summed E-state index contributed by atoms with van der Waals surface area (Å²) in [5.41, 5.74) is 2.82. The van der Waals surface area contributed by atoms with E-state index in [-0.39, 0.29) is 11.8 Å². The van der Waals surface area contributed by atoms with Crippen LogP contribution in [-0.4, -0.2) is 25.3 Å². The first-order chi connectivity index (χ1) is 11.3. The molecule has 0 aliphatic rings. The van der Waals surface area contributed by atoms with Gasteiger partial charge in [-0.25, -0.2) is 0 Å². The number of aromatic nitrogens is 5. The lowest BCUT2D eigenvalue weighted by atomic mass is 10.1. The molecule has 0 aliphatic heterocycles. The summed E-state index contributed by atoms with van der Waals surface area (Å²) >= 11 is 0. The first-order valence-corrected chi connectivity index (χ1v) is 6.95. The Hall–Kier alpha value is -3.35. The van der Waals surface area contributed by atoms with Gasteiger partial charge in [-0.3, -0.25) is 4.98 Å². The van der Waals surface area contributed by atoms with Crippen LogP contribution in [-0.2, 0) is 0 Å². The number of hydrogen-bond donors (Lipinski definition) is 0. The van der Waals surface area contributed by atoms with Gasteiger partial charge in [0.05, 0.1) is 0 Å². The molecule has 0 saturated carbocycles. The van der Waals surface area contributed by atoms with Gasteiger partial charge >= 0.3 is 11.8 Å². The fourth-order valence-electron chi connectivity index (χ4n) is 2.06. The topological polar surface area (TPSA) is 90.7 Å². The summed E-state index contributed by atoms with van der Waals surface area (Å²) in [4.78, 5) is 12.5. The van der Waals surface area contributed by atoms with Crippen LogP contribution in [0, 0.1) is 6.92 Å². The molecule has 0 fully saturated rings. The van der Waals surface area contributed by atoms with Crippen molar-refractivity contribution in [1.82, 2.24) is 25.3 Å². The maximum atomic E-state index is 5.21. The number of hydrogen-bond acceptors (Lipinski definition) is 7. The lowest BCUT2D eigenvalue weighted by molar-refractivity contribution is 0.383. The van der Waals surface area contributed by atoms with Gasteiger partial charge in [-0.05, 0) is 19.1 Å². The molecule has 0 radical (unpaired) electrons. The van der Waals surface area contributed by atoms with Crippen LogP contribution in [0.15, 0.2) is 57.8 Å². The molecule has 0 bridgehead atoms. The first kappa shape index (κ1) is 13.3. The molecule has 0 saturated heterocycles. The van der Waals surface area contributed by atoms with E-state index in [2.05, 4.69) is 25.3 Å². The molecule has 23 heavy (non-hydrogen) atoms. The zero-order chi connectivity index (χ0) is 15.6. The third-order valence-electron chi connectivity index (χ3n) is 3.28. The maximum Gasteiger partial charge on any atom is 0.316 e. The van der Waals surface area contributed by atoms with Crippen molar-refractivity contribution in [2.45, 2.75) is 6.92 Å². The molecule has 0 amide bonds. The molecule has 0 aliphatic carbocycles. The summed E-state index contributed by atoms with van der Waals surface area (Å²) in [7, 11) is 0. The summed E-state index contributed by atoms with van der Waals surface area (Å²) < 4.78 is 10.4. The third kappa shape index (κ3) is 2.59. The van der Waals surface area contributed by atoms with Gasteiger partial charge in [0.1, 0.15) is 0 Å². The molecule has 0 N–H and O–H groups in total. The van der Waals surface area contributed by atoms with Gasteiger partial charge in [-0.15, -0.1) is 0 Å². The van der Waals surface area contributed by atoms with Crippen LogP contribution in [0.5, 0.6) is 0 Å². The fourth-order valence-corrected chi connectivity index (χ4v) is 2.06. The van der Waals surface area contributed by atoms with E-state index in [9.17, 15) is 0 Å². The van der Waals surface area contributed by atoms with Gasteiger partial charge in [0.2, 0.25) is 11.6 Å². The largest absolute Gasteiger partial charge is 0.328 e. The predicted octanol–water partition coefficient (Wildman–Crippen LogP) is 3.16. The van der Waals surface area contributed by atoms with Crippen molar-refractivity contribution >= 4 is 0 Å². The minimum absolute atomic E-state index is 0.183. The van der Waals surface area contributed by atoms with Crippen LogP contribution in [0.25, 0.3) is 34.6 Å². The summed E-state index contributed by atoms with van der Waals surface area (Å²) in [5, 5.41) is 7.87. The molecule has 7 heteroatoms. The van der Waals surface area contributed by atoms with Crippen LogP contribution in [0.2, 0.25) is 0 Å². The molecule has 1 aromatic carbocycles. The molecule has 3 heterocycles. The van der Waals surface area contributed by atoms with E-state index in [1.807, 2.05) is 31.2 Å². The molecule has 7 nitrogen and oxygen atoms in total. The summed E-state index contributed by atoms with van der Waals surface area (Å²) in [6, 6.07) is 11.4. The molecule has 4 rings (SSSR count). The molecular weight excluding hydrogens is 294 g/mol. The summed E-state index contributed by atoms with van der Waals surface area (Å²) in [5.74, 6) is 1.29. The van der Waals surface area contributed by atoms with E-state index in [1.165, 1.54) is 0 Å². The zero-order valence-corrected chi connectivity index (χ0v) is 12.2. The molecular formula is C16H11N5O2. The number of nitrogens with zero attached hydrogens (tertiary/aromatic N) is 5. The van der Waals surface area contributed by atoms with Crippen LogP contribution < -0.4 is 0 Å². The Bertz CT molecular complexity index is 929. The van der Waals surface area contributed by atoms with Gasteiger partial charge in [0.15, 0.2) is 0 Å². The lowest BCUT2D eigenvalue weighted by Crippen LogP contribution is -1.83. The van der Waals surface area contributed by atoms with E-state index < -0.39 is 0 Å². The summed E-state index contributed by atoms with van der Waals surface area (Å²) in [6.07, 6.45) is 3.32.